The number of fused-ring (bicyclic) bond motifs is 2. The molecule has 0 N–H and O–H groups in total. The molecule has 3 heterocycles. The van der Waals surface area contributed by atoms with E-state index in [0.29, 0.717) is 12.5 Å². The van der Waals surface area contributed by atoms with E-state index in [-0.39, 0.29) is 12.6 Å². The Hall–Kier alpha value is -2.58. The zero-order valence-electron chi connectivity index (χ0n) is 13.8. The Morgan fingerprint density at radius 2 is 2.00 bits per heavy atom. The van der Waals surface area contributed by atoms with E-state index in [1.807, 2.05) is 28.8 Å². The molecule has 2 aromatic carbocycles. The van der Waals surface area contributed by atoms with Gasteiger partial charge in [-0.25, -0.2) is 4.39 Å². The zero-order chi connectivity index (χ0) is 17.5. The quantitative estimate of drug-likeness (QED) is 0.705. The molecule has 0 atom stereocenters. The predicted octanol–water partition coefficient (Wildman–Crippen LogP) is 3.34. The monoisotopic (exact) mass is 370 g/mol. The average Bonchev–Trinajstić information content (AvgIpc) is 3.27. The van der Waals surface area contributed by atoms with Crippen molar-refractivity contribution in [3.8, 4) is 22.9 Å². The summed E-state index contributed by atoms with van der Waals surface area (Å²) in [7, 11) is 0. The Morgan fingerprint density at radius 3 is 2.92 bits per heavy atom. The smallest absolute Gasteiger partial charge is 0.231 e. The molecule has 0 aliphatic carbocycles. The van der Waals surface area contributed by atoms with Crippen LogP contribution in [0.3, 0.4) is 0 Å². The first-order valence-electron chi connectivity index (χ1n) is 8.19. The molecule has 0 radical (unpaired) electrons. The fourth-order valence-electron chi connectivity index (χ4n) is 3.15. The number of hydrogen-bond donors (Lipinski definition) is 0. The van der Waals surface area contributed by atoms with Gasteiger partial charge in [-0.2, -0.15) is 0 Å². The van der Waals surface area contributed by atoms with Gasteiger partial charge in [-0.1, -0.05) is 30.0 Å². The molecule has 1 aromatic heterocycles. The second-order valence-corrected chi connectivity index (χ2v) is 7.09. The molecule has 132 valence electrons. The molecule has 26 heavy (non-hydrogen) atoms. The maximum absolute atomic E-state index is 13.6. The Morgan fingerprint density at radius 1 is 1.08 bits per heavy atom. The number of thioether (sulfide) groups is 1. The predicted molar refractivity (Wildman–Crippen MR) is 94.2 cm³/mol. The van der Waals surface area contributed by atoms with Gasteiger partial charge in [0.05, 0.1) is 12.5 Å². The highest BCUT2D eigenvalue weighted by atomic mass is 32.2. The summed E-state index contributed by atoms with van der Waals surface area (Å²) in [6.45, 7) is 1.69. The number of hydrogen-bond acceptors (Lipinski definition) is 6. The fraction of sp³-hybridized carbons (Fsp3) is 0.222. The standard InChI is InChI=1S/C18H15FN4O2S/c19-14-3-1-2-13(7-14)17-20-21-18-23(17)9-22(10-26-18)8-12-4-5-15-16(6-12)25-11-24-15/h1-7H,8-11H2. The van der Waals surface area contributed by atoms with E-state index >= 15 is 0 Å². The number of ether oxygens (including phenoxy) is 2. The first kappa shape index (κ1) is 15.7. The van der Waals surface area contributed by atoms with Crippen molar-refractivity contribution < 1.29 is 13.9 Å². The van der Waals surface area contributed by atoms with Crippen LogP contribution in [0.4, 0.5) is 4.39 Å². The largest absolute Gasteiger partial charge is 0.454 e. The summed E-state index contributed by atoms with van der Waals surface area (Å²) in [6.07, 6.45) is 0. The van der Waals surface area contributed by atoms with Crippen molar-refractivity contribution in [1.82, 2.24) is 19.7 Å². The number of rotatable bonds is 3. The molecular weight excluding hydrogens is 355 g/mol. The van der Waals surface area contributed by atoms with Crippen LogP contribution in [0, 0.1) is 5.82 Å². The van der Waals surface area contributed by atoms with Gasteiger partial charge in [-0.3, -0.25) is 9.47 Å². The minimum absolute atomic E-state index is 0.277. The summed E-state index contributed by atoms with van der Waals surface area (Å²) >= 11 is 1.63. The van der Waals surface area contributed by atoms with E-state index in [9.17, 15) is 4.39 Å². The van der Waals surface area contributed by atoms with Crippen LogP contribution in [0.5, 0.6) is 11.5 Å². The van der Waals surface area contributed by atoms with Crippen LogP contribution in [0.15, 0.2) is 47.6 Å². The third-order valence-electron chi connectivity index (χ3n) is 4.36. The normalized spacial score (nSPS) is 15.9. The summed E-state index contributed by atoms with van der Waals surface area (Å²) in [4.78, 5) is 2.28. The van der Waals surface area contributed by atoms with Crippen LogP contribution in [0.2, 0.25) is 0 Å². The summed E-state index contributed by atoms with van der Waals surface area (Å²) in [6, 6.07) is 12.5. The van der Waals surface area contributed by atoms with Crippen molar-refractivity contribution in [2.75, 3.05) is 12.7 Å². The third-order valence-corrected chi connectivity index (χ3v) is 5.41. The van der Waals surface area contributed by atoms with Gasteiger partial charge in [-0.15, -0.1) is 10.2 Å². The topological polar surface area (TPSA) is 52.4 Å². The molecule has 0 bridgehead atoms. The van der Waals surface area contributed by atoms with Crippen LogP contribution in [-0.2, 0) is 13.2 Å². The molecule has 2 aliphatic rings. The van der Waals surface area contributed by atoms with Crippen LogP contribution < -0.4 is 9.47 Å². The molecular formula is C18H15FN4O2S. The Balaban J connectivity index is 1.39. The Labute approximate surface area is 153 Å². The van der Waals surface area contributed by atoms with Gasteiger partial charge in [0.25, 0.3) is 0 Å². The first-order valence-corrected chi connectivity index (χ1v) is 9.18. The molecule has 0 unspecified atom stereocenters. The van der Waals surface area contributed by atoms with Gasteiger partial charge in [0.2, 0.25) is 6.79 Å². The molecule has 0 fully saturated rings. The highest BCUT2D eigenvalue weighted by molar-refractivity contribution is 7.99. The van der Waals surface area contributed by atoms with Crippen molar-refractivity contribution in [1.29, 1.82) is 0 Å². The minimum atomic E-state index is -0.277. The lowest BCUT2D eigenvalue weighted by molar-refractivity contribution is 0.174. The third kappa shape index (κ3) is 2.81. The van der Waals surface area contributed by atoms with E-state index in [1.165, 1.54) is 12.1 Å². The van der Waals surface area contributed by atoms with Gasteiger partial charge in [0.1, 0.15) is 5.82 Å². The summed E-state index contributed by atoms with van der Waals surface area (Å²) in [5.41, 5.74) is 1.88. The SMILES string of the molecule is Fc1cccc(-c2nnc3n2CN(Cc2ccc4c(c2)OCO4)CS3)c1. The van der Waals surface area contributed by atoms with E-state index in [1.54, 1.807) is 17.8 Å². The summed E-state index contributed by atoms with van der Waals surface area (Å²) in [5, 5.41) is 9.35. The molecule has 0 spiro atoms. The molecule has 0 saturated carbocycles. The maximum Gasteiger partial charge on any atom is 0.231 e. The van der Waals surface area contributed by atoms with Crippen molar-refractivity contribution >= 4 is 11.8 Å². The lowest BCUT2D eigenvalue weighted by atomic mass is 10.2. The van der Waals surface area contributed by atoms with Crippen LogP contribution in [0.25, 0.3) is 11.4 Å². The lowest BCUT2D eigenvalue weighted by Gasteiger charge is -2.27. The van der Waals surface area contributed by atoms with Crippen molar-refractivity contribution in [2.45, 2.75) is 18.4 Å². The molecule has 0 amide bonds. The van der Waals surface area contributed by atoms with Gasteiger partial charge < -0.3 is 9.47 Å². The van der Waals surface area contributed by atoms with Crippen molar-refractivity contribution in [3.05, 3.63) is 53.8 Å². The van der Waals surface area contributed by atoms with E-state index < -0.39 is 0 Å². The van der Waals surface area contributed by atoms with Gasteiger partial charge in [-0.05, 0) is 29.8 Å². The van der Waals surface area contributed by atoms with E-state index in [2.05, 4.69) is 15.1 Å². The minimum Gasteiger partial charge on any atom is -0.454 e. The number of halogens is 1. The van der Waals surface area contributed by atoms with Gasteiger partial charge >= 0.3 is 0 Å². The maximum atomic E-state index is 13.6. The molecule has 3 aromatic rings. The molecule has 8 heteroatoms. The van der Waals surface area contributed by atoms with Gasteiger partial charge in [0.15, 0.2) is 22.5 Å². The molecule has 2 aliphatic heterocycles. The van der Waals surface area contributed by atoms with Crippen LogP contribution >= 0.6 is 11.8 Å². The lowest BCUT2D eigenvalue weighted by Crippen LogP contribution is -2.30. The van der Waals surface area contributed by atoms with Crippen molar-refractivity contribution in [2.24, 2.45) is 0 Å². The second-order valence-electron chi connectivity index (χ2n) is 6.18. The second kappa shape index (κ2) is 6.30. The van der Waals surface area contributed by atoms with E-state index in [4.69, 9.17) is 9.47 Å². The highest BCUT2D eigenvalue weighted by Crippen LogP contribution is 2.34. The highest BCUT2D eigenvalue weighted by Gasteiger charge is 2.23. The zero-order valence-corrected chi connectivity index (χ0v) is 14.6. The summed E-state index contributed by atoms with van der Waals surface area (Å²) in [5.74, 6) is 2.80. The summed E-state index contributed by atoms with van der Waals surface area (Å²) < 4.78 is 26.4. The fourth-order valence-corrected chi connectivity index (χ4v) is 4.02. The Kier molecular flexibility index (Phi) is 3.79. The Bertz CT molecular complexity index is 978. The molecule has 5 rings (SSSR count). The average molecular weight is 370 g/mol. The molecule has 0 saturated heterocycles. The van der Waals surface area contributed by atoms with Crippen molar-refractivity contribution in [3.63, 3.8) is 0 Å². The number of aromatic nitrogens is 3. The van der Waals surface area contributed by atoms with E-state index in [0.717, 1.165) is 40.2 Å². The van der Waals surface area contributed by atoms with Gasteiger partial charge in [0, 0.05) is 12.1 Å². The van der Waals surface area contributed by atoms with Crippen LogP contribution in [-0.4, -0.2) is 32.3 Å². The number of benzene rings is 2. The van der Waals surface area contributed by atoms with Crippen LogP contribution in [0.1, 0.15) is 5.56 Å². The first-order chi connectivity index (χ1) is 12.8. The number of nitrogens with zero attached hydrogens (tertiary/aromatic N) is 4. The molecule has 6 nitrogen and oxygen atoms in total.